The predicted molar refractivity (Wildman–Crippen MR) is 97.9 cm³/mol. The largest absolute Gasteiger partial charge is 0.366 e. The Bertz CT molecular complexity index is 892. The molecule has 0 heterocycles. The minimum atomic E-state index is -0.489. The number of nitro benzene ring substituents is 1. The van der Waals surface area contributed by atoms with Crippen molar-refractivity contribution in [3.8, 4) is 0 Å². The fraction of sp³-hybridized carbons (Fsp3) is 0. The number of nitro groups is 1. The van der Waals surface area contributed by atoms with E-state index >= 15 is 0 Å². The number of ketones is 1. The van der Waals surface area contributed by atoms with Crippen molar-refractivity contribution in [2.24, 2.45) is 5.73 Å². The first-order chi connectivity index (χ1) is 12.5. The lowest BCUT2D eigenvalue weighted by molar-refractivity contribution is -0.384. The van der Waals surface area contributed by atoms with Crippen molar-refractivity contribution in [2.75, 3.05) is 0 Å². The zero-order valence-electron chi connectivity index (χ0n) is 13.7. The Morgan fingerprint density at radius 2 is 1.12 bits per heavy atom. The van der Waals surface area contributed by atoms with Crippen molar-refractivity contribution in [3.05, 3.63) is 112 Å². The van der Waals surface area contributed by atoms with Crippen LogP contribution < -0.4 is 5.73 Å². The summed E-state index contributed by atoms with van der Waals surface area (Å²) in [6.07, 6.45) is 0. The molecule has 0 unspecified atom stereocenters. The molecule has 6 nitrogen and oxygen atoms in total. The van der Waals surface area contributed by atoms with Gasteiger partial charge in [-0.15, -0.1) is 0 Å². The normalized spacial score (nSPS) is 9.54. The lowest BCUT2D eigenvalue weighted by Crippen LogP contribution is -2.09. The first-order valence-electron chi connectivity index (χ1n) is 7.68. The van der Waals surface area contributed by atoms with E-state index in [1.54, 1.807) is 48.5 Å². The van der Waals surface area contributed by atoms with Gasteiger partial charge < -0.3 is 5.73 Å². The van der Waals surface area contributed by atoms with Gasteiger partial charge in [0, 0.05) is 28.8 Å². The van der Waals surface area contributed by atoms with Gasteiger partial charge in [-0.25, -0.2) is 0 Å². The predicted octanol–water partition coefficient (Wildman–Crippen LogP) is 3.61. The van der Waals surface area contributed by atoms with Crippen LogP contribution in [0.2, 0.25) is 0 Å². The highest BCUT2D eigenvalue weighted by Crippen LogP contribution is 2.15. The zero-order chi connectivity index (χ0) is 18.9. The van der Waals surface area contributed by atoms with E-state index in [0.29, 0.717) is 16.7 Å². The Balaban J connectivity index is 0.000000228. The Labute approximate surface area is 150 Å². The van der Waals surface area contributed by atoms with Gasteiger partial charge in [0.25, 0.3) is 5.69 Å². The van der Waals surface area contributed by atoms with Crippen LogP contribution in [-0.4, -0.2) is 16.6 Å². The number of primary amides is 1. The van der Waals surface area contributed by atoms with Gasteiger partial charge in [0.15, 0.2) is 5.78 Å². The number of rotatable bonds is 4. The summed E-state index contributed by atoms with van der Waals surface area (Å²) in [5.74, 6) is -0.518. The highest BCUT2D eigenvalue weighted by molar-refractivity contribution is 6.09. The van der Waals surface area contributed by atoms with Gasteiger partial charge in [0.05, 0.1) is 4.92 Å². The molecule has 1 amide bonds. The first kappa shape index (κ1) is 18.5. The SMILES string of the molecule is NC(=O)c1ccccc1.O=C(c1ccccc1)c1ccc([N+](=O)[O-])cc1. The molecular formula is C20H16N2O4. The molecule has 3 aromatic rings. The van der Waals surface area contributed by atoms with Crippen LogP contribution in [0.4, 0.5) is 5.69 Å². The molecule has 0 aromatic heterocycles. The van der Waals surface area contributed by atoms with E-state index in [1.807, 2.05) is 12.1 Å². The maximum Gasteiger partial charge on any atom is 0.269 e. The fourth-order valence-electron chi connectivity index (χ4n) is 2.09. The number of nitrogens with zero attached hydrogens (tertiary/aromatic N) is 1. The molecule has 0 saturated carbocycles. The summed E-state index contributed by atoms with van der Waals surface area (Å²) in [5.41, 5.74) is 6.53. The third-order valence-corrected chi connectivity index (χ3v) is 3.43. The Kier molecular flexibility index (Phi) is 6.34. The van der Waals surface area contributed by atoms with Crippen LogP contribution in [-0.2, 0) is 0 Å². The summed E-state index contributed by atoms with van der Waals surface area (Å²) in [6, 6.07) is 23.2. The standard InChI is InChI=1S/C13H9NO3.C7H7NO/c15-13(10-4-2-1-3-5-10)11-6-8-12(9-7-11)14(16)17;8-7(9)6-4-2-1-3-5-6/h1-9H;1-5H,(H2,8,9). The number of amides is 1. The third kappa shape index (κ3) is 5.10. The van der Waals surface area contributed by atoms with Crippen LogP contribution >= 0.6 is 0 Å². The van der Waals surface area contributed by atoms with Crippen LogP contribution in [0.1, 0.15) is 26.3 Å². The number of nitrogens with two attached hydrogens (primary N) is 1. The van der Waals surface area contributed by atoms with Crippen molar-refractivity contribution >= 4 is 17.4 Å². The van der Waals surface area contributed by atoms with E-state index in [9.17, 15) is 19.7 Å². The summed E-state index contributed by atoms with van der Waals surface area (Å²) in [4.78, 5) is 32.4. The molecule has 0 aliphatic rings. The number of benzene rings is 3. The molecule has 3 rings (SSSR count). The topological polar surface area (TPSA) is 103 Å². The van der Waals surface area contributed by atoms with Crippen molar-refractivity contribution in [2.45, 2.75) is 0 Å². The Hall–Kier alpha value is -3.80. The van der Waals surface area contributed by atoms with E-state index in [0.717, 1.165) is 0 Å². The van der Waals surface area contributed by atoms with Gasteiger partial charge in [-0.05, 0) is 24.3 Å². The molecule has 130 valence electrons. The van der Waals surface area contributed by atoms with Gasteiger partial charge in [-0.1, -0.05) is 48.5 Å². The smallest absolute Gasteiger partial charge is 0.269 e. The Morgan fingerprint density at radius 1 is 0.692 bits per heavy atom. The molecule has 0 fully saturated rings. The summed E-state index contributed by atoms with van der Waals surface area (Å²) >= 11 is 0. The van der Waals surface area contributed by atoms with E-state index in [1.165, 1.54) is 24.3 Å². The molecule has 6 heteroatoms. The average Bonchev–Trinajstić information content (AvgIpc) is 2.69. The van der Waals surface area contributed by atoms with E-state index in [2.05, 4.69) is 0 Å². The van der Waals surface area contributed by atoms with Crippen molar-refractivity contribution < 1.29 is 14.5 Å². The fourth-order valence-corrected chi connectivity index (χ4v) is 2.09. The van der Waals surface area contributed by atoms with E-state index < -0.39 is 4.92 Å². The van der Waals surface area contributed by atoms with Crippen molar-refractivity contribution in [3.63, 3.8) is 0 Å². The molecule has 0 aliphatic carbocycles. The van der Waals surface area contributed by atoms with Crippen LogP contribution in [0, 0.1) is 10.1 Å². The molecule has 0 radical (unpaired) electrons. The second kappa shape index (κ2) is 8.89. The number of non-ortho nitro benzene ring substituents is 1. The molecule has 26 heavy (non-hydrogen) atoms. The van der Waals surface area contributed by atoms with Gasteiger partial charge in [-0.2, -0.15) is 0 Å². The highest BCUT2D eigenvalue weighted by Gasteiger charge is 2.10. The number of hydrogen-bond donors (Lipinski definition) is 1. The third-order valence-electron chi connectivity index (χ3n) is 3.43. The lowest BCUT2D eigenvalue weighted by Gasteiger charge is -2.00. The molecule has 0 atom stereocenters. The zero-order valence-corrected chi connectivity index (χ0v) is 13.7. The van der Waals surface area contributed by atoms with E-state index in [-0.39, 0.29) is 17.4 Å². The summed E-state index contributed by atoms with van der Waals surface area (Å²) in [5, 5.41) is 10.5. The van der Waals surface area contributed by atoms with Crippen LogP contribution in [0.25, 0.3) is 0 Å². The summed E-state index contributed by atoms with van der Waals surface area (Å²) in [6.45, 7) is 0. The van der Waals surface area contributed by atoms with Gasteiger partial charge in [-0.3, -0.25) is 19.7 Å². The number of carbonyl (C=O) groups is 2. The van der Waals surface area contributed by atoms with Crippen molar-refractivity contribution in [1.82, 2.24) is 0 Å². The average molecular weight is 348 g/mol. The minimum absolute atomic E-state index is 0.0189. The van der Waals surface area contributed by atoms with Gasteiger partial charge >= 0.3 is 0 Å². The highest BCUT2D eigenvalue weighted by atomic mass is 16.6. The number of carbonyl (C=O) groups excluding carboxylic acids is 2. The molecule has 0 saturated heterocycles. The maximum absolute atomic E-state index is 12.0. The molecule has 0 spiro atoms. The maximum atomic E-state index is 12.0. The lowest BCUT2D eigenvalue weighted by atomic mass is 10.0. The molecule has 3 aromatic carbocycles. The van der Waals surface area contributed by atoms with Crippen LogP contribution in [0.3, 0.4) is 0 Å². The molecule has 0 aliphatic heterocycles. The van der Waals surface area contributed by atoms with Gasteiger partial charge in [0.1, 0.15) is 0 Å². The van der Waals surface area contributed by atoms with Crippen LogP contribution in [0.15, 0.2) is 84.9 Å². The second-order valence-electron chi connectivity index (χ2n) is 5.23. The van der Waals surface area contributed by atoms with E-state index in [4.69, 9.17) is 5.73 Å². The first-order valence-corrected chi connectivity index (χ1v) is 7.68. The minimum Gasteiger partial charge on any atom is -0.366 e. The van der Waals surface area contributed by atoms with Crippen LogP contribution in [0.5, 0.6) is 0 Å². The van der Waals surface area contributed by atoms with Gasteiger partial charge in [0.2, 0.25) is 5.91 Å². The quantitative estimate of drug-likeness (QED) is 0.442. The molecule has 2 N–H and O–H groups in total. The summed E-state index contributed by atoms with van der Waals surface area (Å²) in [7, 11) is 0. The Morgan fingerprint density at radius 3 is 1.50 bits per heavy atom. The summed E-state index contributed by atoms with van der Waals surface area (Å²) < 4.78 is 0. The monoisotopic (exact) mass is 348 g/mol. The number of hydrogen-bond acceptors (Lipinski definition) is 4. The van der Waals surface area contributed by atoms with Crippen molar-refractivity contribution in [1.29, 1.82) is 0 Å². The second-order valence-corrected chi connectivity index (χ2v) is 5.23. The molecular weight excluding hydrogens is 332 g/mol. The molecule has 0 bridgehead atoms.